The van der Waals surface area contributed by atoms with Gasteiger partial charge in [0.05, 0.1) is 17.2 Å². The lowest BCUT2D eigenvalue weighted by atomic mass is 10.2. The molecule has 1 fully saturated rings. The molecule has 3 rings (SSSR count). The number of ether oxygens (including phenoxy) is 1. The van der Waals surface area contributed by atoms with E-state index in [0.717, 1.165) is 30.9 Å². The lowest BCUT2D eigenvalue weighted by Crippen LogP contribution is -2.51. The van der Waals surface area contributed by atoms with Crippen LogP contribution in [-0.2, 0) is 13.1 Å². The lowest BCUT2D eigenvalue weighted by molar-refractivity contribution is 0.135. The highest BCUT2D eigenvalue weighted by atomic mass is 35.5. The van der Waals surface area contributed by atoms with Crippen LogP contribution in [0.5, 0.6) is 5.75 Å². The van der Waals surface area contributed by atoms with Crippen molar-refractivity contribution in [2.24, 2.45) is 0 Å². The first-order valence-corrected chi connectivity index (χ1v) is 9.63. The van der Waals surface area contributed by atoms with Gasteiger partial charge < -0.3 is 15.0 Å². The van der Waals surface area contributed by atoms with Crippen LogP contribution in [0.2, 0.25) is 10.0 Å². The second-order valence-electron chi connectivity index (χ2n) is 6.52. The molecule has 1 aliphatic heterocycles. The van der Waals surface area contributed by atoms with Gasteiger partial charge in [-0.15, -0.1) is 0 Å². The standard InChI is InChI=1S/C20H23Cl2N3O2/c1-27-17-5-2-15(3-6-17)14-24-8-10-25(11-9-24)20(26)23-13-16-4-7-18(21)19(22)12-16/h2-7,12H,8-11,13-14H2,1H3,(H,23,26). The molecule has 5 nitrogen and oxygen atoms in total. The Kier molecular flexibility index (Phi) is 6.83. The van der Waals surface area contributed by atoms with E-state index in [0.29, 0.717) is 29.7 Å². The molecule has 1 heterocycles. The van der Waals surface area contributed by atoms with Crippen molar-refractivity contribution in [2.75, 3.05) is 33.3 Å². The molecule has 0 saturated carbocycles. The topological polar surface area (TPSA) is 44.8 Å². The molecular weight excluding hydrogens is 385 g/mol. The van der Waals surface area contributed by atoms with Crippen LogP contribution in [0.3, 0.4) is 0 Å². The first-order valence-electron chi connectivity index (χ1n) is 8.87. The number of piperazine rings is 1. The molecular formula is C20H23Cl2N3O2. The van der Waals surface area contributed by atoms with Crippen LogP contribution in [-0.4, -0.2) is 49.1 Å². The molecule has 0 aliphatic carbocycles. The minimum atomic E-state index is -0.0508. The SMILES string of the molecule is COc1ccc(CN2CCN(C(=O)NCc3ccc(Cl)c(Cl)c3)CC2)cc1. The largest absolute Gasteiger partial charge is 0.497 e. The third-order valence-corrected chi connectivity index (χ3v) is 5.39. The summed E-state index contributed by atoms with van der Waals surface area (Å²) >= 11 is 11.9. The van der Waals surface area contributed by atoms with Crippen LogP contribution in [0.1, 0.15) is 11.1 Å². The molecule has 1 saturated heterocycles. The number of benzene rings is 2. The average Bonchev–Trinajstić information content (AvgIpc) is 2.70. The predicted molar refractivity (Wildman–Crippen MR) is 109 cm³/mol. The Morgan fingerprint density at radius 2 is 1.67 bits per heavy atom. The Bertz CT molecular complexity index is 775. The normalized spacial score (nSPS) is 14.9. The van der Waals surface area contributed by atoms with Crippen molar-refractivity contribution in [3.05, 3.63) is 63.6 Å². The first kappa shape index (κ1) is 19.8. The molecule has 2 aromatic rings. The van der Waals surface area contributed by atoms with Crippen LogP contribution in [0.25, 0.3) is 0 Å². The van der Waals surface area contributed by atoms with E-state index in [-0.39, 0.29) is 6.03 Å². The fourth-order valence-corrected chi connectivity index (χ4v) is 3.36. The predicted octanol–water partition coefficient (Wildman–Crippen LogP) is 4.03. The Morgan fingerprint density at radius 3 is 2.30 bits per heavy atom. The number of carbonyl (C=O) groups excluding carboxylic acids is 1. The molecule has 1 N–H and O–H groups in total. The average molecular weight is 408 g/mol. The zero-order valence-corrected chi connectivity index (χ0v) is 16.8. The van der Waals surface area contributed by atoms with Gasteiger partial charge in [-0.25, -0.2) is 4.79 Å². The number of methoxy groups -OCH3 is 1. The fraction of sp³-hybridized carbons (Fsp3) is 0.350. The summed E-state index contributed by atoms with van der Waals surface area (Å²) in [6.45, 7) is 4.44. The van der Waals surface area contributed by atoms with Crippen LogP contribution in [0, 0.1) is 0 Å². The lowest BCUT2D eigenvalue weighted by Gasteiger charge is -2.34. The van der Waals surface area contributed by atoms with E-state index >= 15 is 0 Å². The van der Waals surface area contributed by atoms with E-state index in [1.54, 1.807) is 19.2 Å². The van der Waals surface area contributed by atoms with Gasteiger partial charge in [0.15, 0.2) is 0 Å². The van der Waals surface area contributed by atoms with Crippen LogP contribution >= 0.6 is 23.2 Å². The molecule has 2 aromatic carbocycles. The van der Waals surface area contributed by atoms with Crippen LogP contribution in [0.15, 0.2) is 42.5 Å². The molecule has 2 amide bonds. The molecule has 0 spiro atoms. The van der Waals surface area contributed by atoms with Gasteiger partial charge in [-0.05, 0) is 35.4 Å². The molecule has 144 valence electrons. The van der Waals surface area contributed by atoms with Crippen molar-refractivity contribution in [1.29, 1.82) is 0 Å². The molecule has 0 atom stereocenters. The molecule has 0 bridgehead atoms. The number of halogens is 2. The molecule has 0 radical (unpaired) electrons. The second-order valence-corrected chi connectivity index (χ2v) is 7.33. The van der Waals surface area contributed by atoms with Crippen molar-refractivity contribution in [3.8, 4) is 5.75 Å². The number of rotatable bonds is 5. The zero-order valence-electron chi connectivity index (χ0n) is 15.3. The van der Waals surface area contributed by atoms with Gasteiger partial charge in [-0.2, -0.15) is 0 Å². The highest BCUT2D eigenvalue weighted by Crippen LogP contribution is 2.22. The molecule has 7 heteroatoms. The summed E-state index contributed by atoms with van der Waals surface area (Å²) in [6.07, 6.45) is 0. The maximum atomic E-state index is 12.4. The maximum Gasteiger partial charge on any atom is 0.317 e. The van der Waals surface area contributed by atoms with E-state index in [1.807, 2.05) is 23.1 Å². The van der Waals surface area contributed by atoms with E-state index in [9.17, 15) is 4.79 Å². The molecule has 0 aromatic heterocycles. The summed E-state index contributed by atoms with van der Waals surface area (Å²) in [4.78, 5) is 16.6. The maximum absolute atomic E-state index is 12.4. The molecule has 27 heavy (non-hydrogen) atoms. The third-order valence-electron chi connectivity index (χ3n) is 4.65. The third kappa shape index (κ3) is 5.51. The van der Waals surface area contributed by atoms with Gasteiger partial charge in [0.1, 0.15) is 5.75 Å². The number of nitrogens with zero attached hydrogens (tertiary/aromatic N) is 2. The summed E-state index contributed by atoms with van der Waals surface area (Å²) in [5.41, 5.74) is 2.17. The Hall–Kier alpha value is -1.95. The highest BCUT2D eigenvalue weighted by molar-refractivity contribution is 6.42. The minimum absolute atomic E-state index is 0.0508. The van der Waals surface area contributed by atoms with Gasteiger partial charge in [0.25, 0.3) is 0 Å². The number of carbonyl (C=O) groups is 1. The number of nitrogens with one attached hydrogen (secondary N) is 1. The molecule has 1 aliphatic rings. The number of amides is 2. The smallest absolute Gasteiger partial charge is 0.317 e. The van der Waals surface area contributed by atoms with Crippen molar-refractivity contribution in [3.63, 3.8) is 0 Å². The number of urea groups is 1. The van der Waals surface area contributed by atoms with Crippen molar-refractivity contribution >= 4 is 29.2 Å². The van der Waals surface area contributed by atoms with E-state index in [4.69, 9.17) is 27.9 Å². The zero-order chi connectivity index (χ0) is 19.2. The summed E-state index contributed by atoms with van der Waals surface area (Å²) in [5, 5.41) is 3.95. The summed E-state index contributed by atoms with van der Waals surface area (Å²) in [5.74, 6) is 0.863. The van der Waals surface area contributed by atoms with Gasteiger partial charge in [0.2, 0.25) is 0 Å². The number of hydrogen-bond donors (Lipinski definition) is 1. The van der Waals surface area contributed by atoms with Gasteiger partial charge in [0, 0.05) is 39.3 Å². The van der Waals surface area contributed by atoms with E-state index < -0.39 is 0 Å². The van der Waals surface area contributed by atoms with Crippen LogP contribution < -0.4 is 10.1 Å². The Balaban J connectivity index is 1.43. The molecule has 0 unspecified atom stereocenters. The first-order chi connectivity index (χ1) is 13.0. The van der Waals surface area contributed by atoms with Crippen molar-refractivity contribution in [1.82, 2.24) is 15.1 Å². The van der Waals surface area contributed by atoms with Gasteiger partial charge >= 0.3 is 6.03 Å². The van der Waals surface area contributed by atoms with Gasteiger partial charge in [-0.1, -0.05) is 41.4 Å². The highest BCUT2D eigenvalue weighted by Gasteiger charge is 2.21. The minimum Gasteiger partial charge on any atom is -0.497 e. The second kappa shape index (κ2) is 9.31. The van der Waals surface area contributed by atoms with E-state index in [1.165, 1.54) is 5.56 Å². The summed E-state index contributed by atoms with van der Waals surface area (Å²) in [7, 11) is 1.67. The Labute approximate surface area is 169 Å². The number of hydrogen-bond acceptors (Lipinski definition) is 3. The van der Waals surface area contributed by atoms with Crippen molar-refractivity contribution in [2.45, 2.75) is 13.1 Å². The van der Waals surface area contributed by atoms with E-state index in [2.05, 4.69) is 22.3 Å². The van der Waals surface area contributed by atoms with Crippen LogP contribution in [0.4, 0.5) is 4.79 Å². The van der Waals surface area contributed by atoms with Crippen molar-refractivity contribution < 1.29 is 9.53 Å². The summed E-state index contributed by atoms with van der Waals surface area (Å²) < 4.78 is 5.19. The quantitative estimate of drug-likeness (QED) is 0.813. The Morgan fingerprint density at radius 1 is 1.00 bits per heavy atom. The summed E-state index contributed by atoms with van der Waals surface area (Å²) in [6, 6.07) is 13.4. The van der Waals surface area contributed by atoms with Gasteiger partial charge in [-0.3, -0.25) is 4.90 Å². The monoisotopic (exact) mass is 407 g/mol. The fourth-order valence-electron chi connectivity index (χ4n) is 3.04.